The number of carbonyl (C=O) groups is 1. The van der Waals surface area contributed by atoms with Crippen LogP contribution >= 0.6 is 0 Å². The largest absolute Gasteiger partial charge is 0.479 e. The Morgan fingerprint density at radius 2 is 2.06 bits per heavy atom. The van der Waals surface area contributed by atoms with E-state index in [4.69, 9.17) is 9.84 Å². The molecule has 2 fully saturated rings. The fraction of sp³-hybridized carbons (Fsp3) is 0.923. The summed E-state index contributed by atoms with van der Waals surface area (Å²) in [6.45, 7) is 3.04. The molecule has 1 N–H and O–H groups in total. The molecule has 1 unspecified atom stereocenters. The van der Waals surface area contributed by atoms with Crippen molar-refractivity contribution in [2.75, 3.05) is 26.2 Å². The summed E-state index contributed by atoms with van der Waals surface area (Å²) < 4.78 is 5.22. The van der Waals surface area contributed by atoms with E-state index >= 15 is 0 Å². The summed E-state index contributed by atoms with van der Waals surface area (Å²) in [6, 6.07) is 0. The highest BCUT2D eigenvalue weighted by molar-refractivity contribution is 5.72. The van der Waals surface area contributed by atoms with Crippen molar-refractivity contribution in [3.8, 4) is 0 Å². The Morgan fingerprint density at radius 3 is 2.76 bits per heavy atom. The van der Waals surface area contributed by atoms with Crippen LogP contribution in [0.5, 0.6) is 0 Å². The molecule has 1 heterocycles. The zero-order valence-electron chi connectivity index (χ0n) is 10.4. The summed E-state index contributed by atoms with van der Waals surface area (Å²) in [5.41, 5.74) is 0. The van der Waals surface area contributed by atoms with Crippen LogP contribution in [0.1, 0.15) is 38.5 Å². The van der Waals surface area contributed by atoms with Gasteiger partial charge in [0.05, 0.1) is 6.61 Å². The number of aliphatic carboxylic acids is 1. The monoisotopic (exact) mass is 241 g/mol. The first-order valence-corrected chi connectivity index (χ1v) is 6.82. The van der Waals surface area contributed by atoms with E-state index in [0.29, 0.717) is 13.2 Å². The number of hydrogen-bond acceptors (Lipinski definition) is 3. The van der Waals surface area contributed by atoms with Gasteiger partial charge in [-0.25, -0.2) is 4.79 Å². The molecule has 1 atom stereocenters. The standard InChI is InChI=1S/C13H23NO3/c15-13(16)12-10-14(8-9-17-12)7-6-11-4-2-1-3-5-11/h11-12H,1-10H2,(H,15,16). The van der Waals surface area contributed by atoms with Crippen LogP contribution in [0.4, 0.5) is 0 Å². The molecule has 0 aromatic carbocycles. The van der Waals surface area contributed by atoms with Gasteiger partial charge in [-0.05, 0) is 18.9 Å². The zero-order valence-corrected chi connectivity index (χ0v) is 10.4. The van der Waals surface area contributed by atoms with Gasteiger partial charge >= 0.3 is 5.97 Å². The Bertz CT molecular complexity index is 251. The third-order valence-electron chi connectivity index (χ3n) is 4.00. The van der Waals surface area contributed by atoms with E-state index in [0.717, 1.165) is 19.0 Å². The van der Waals surface area contributed by atoms with Crippen molar-refractivity contribution in [3.63, 3.8) is 0 Å². The van der Waals surface area contributed by atoms with Crippen molar-refractivity contribution in [2.24, 2.45) is 5.92 Å². The fourth-order valence-corrected chi connectivity index (χ4v) is 2.90. The molecule has 4 nitrogen and oxygen atoms in total. The van der Waals surface area contributed by atoms with E-state index < -0.39 is 12.1 Å². The molecule has 98 valence electrons. The second-order valence-corrected chi connectivity index (χ2v) is 5.29. The predicted molar refractivity (Wildman–Crippen MR) is 65.0 cm³/mol. The Kier molecular flexibility index (Phi) is 4.80. The van der Waals surface area contributed by atoms with Crippen molar-refractivity contribution in [3.05, 3.63) is 0 Å². The van der Waals surface area contributed by atoms with Crippen LogP contribution < -0.4 is 0 Å². The third kappa shape index (κ3) is 3.96. The second kappa shape index (κ2) is 6.36. The summed E-state index contributed by atoms with van der Waals surface area (Å²) in [5.74, 6) is 0.0437. The summed E-state index contributed by atoms with van der Waals surface area (Å²) in [5, 5.41) is 8.92. The molecule has 0 radical (unpaired) electrons. The normalized spacial score (nSPS) is 28.1. The Hall–Kier alpha value is -0.610. The maximum atomic E-state index is 10.9. The summed E-state index contributed by atoms with van der Waals surface area (Å²) in [7, 11) is 0. The summed E-state index contributed by atoms with van der Waals surface area (Å²) in [4.78, 5) is 13.1. The van der Waals surface area contributed by atoms with Gasteiger partial charge in [-0.2, -0.15) is 0 Å². The van der Waals surface area contributed by atoms with E-state index in [1.807, 2.05) is 0 Å². The molecular formula is C13H23NO3. The van der Waals surface area contributed by atoms with Gasteiger partial charge in [0.25, 0.3) is 0 Å². The SMILES string of the molecule is O=C(O)C1CN(CCC2CCCCC2)CCO1. The highest BCUT2D eigenvalue weighted by Gasteiger charge is 2.26. The molecule has 1 saturated carbocycles. The average molecular weight is 241 g/mol. The van der Waals surface area contributed by atoms with Gasteiger partial charge in [0.15, 0.2) is 6.10 Å². The van der Waals surface area contributed by atoms with Crippen LogP contribution in [0.25, 0.3) is 0 Å². The van der Waals surface area contributed by atoms with Gasteiger partial charge < -0.3 is 9.84 Å². The molecule has 1 aliphatic heterocycles. The van der Waals surface area contributed by atoms with Crippen LogP contribution in [0.3, 0.4) is 0 Å². The first-order valence-electron chi connectivity index (χ1n) is 6.82. The molecule has 1 saturated heterocycles. The van der Waals surface area contributed by atoms with Crippen molar-refractivity contribution in [1.29, 1.82) is 0 Å². The first-order chi connectivity index (χ1) is 8.25. The second-order valence-electron chi connectivity index (χ2n) is 5.29. The number of carboxylic acid groups (broad SMARTS) is 1. The van der Waals surface area contributed by atoms with Gasteiger partial charge in [0.1, 0.15) is 0 Å². The van der Waals surface area contributed by atoms with E-state index in [9.17, 15) is 4.79 Å². The van der Waals surface area contributed by atoms with Crippen LogP contribution in [0, 0.1) is 5.92 Å². The Balaban J connectivity index is 1.69. The Morgan fingerprint density at radius 1 is 1.29 bits per heavy atom. The molecule has 17 heavy (non-hydrogen) atoms. The quantitative estimate of drug-likeness (QED) is 0.814. The van der Waals surface area contributed by atoms with E-state index in [-0.39, 0.29) is 0 Å². The van der Waals surface area contributed by atoms with Crippen LogP contribution in [-0.2, 0) is 9.53 Å². The summed E-state index contributed by atoms with van der Waals surface area (Å²) >= 11 is 0. The highest BCUT2D eigenvalue weighted by Crippen LogP contribution is 2.26. The lowest BCUT2D eigenvalue weighted by Crippen LogP contribution is -2.46. The van der Waals surface area contributed by atoms with Gasteiger partial charge in [-0.1, -0.05) is 32.1 Å². The first kappa shape index (κ1) is 12.8. The van der Waals surface area contributed by atoms with Gasteiger partial charge in [0.2, 0.25) is 0 Å². The minimum absolute atomic E-state index is 0.557. The Labute approximate surface area is 103 Å². The molecule has 0 spiro atoms. The van der Waals surface area contributed by atoms with E-state index in [1.165, 1.54) is 38.5 Å². The highest BCUT2D eigenvalue weighted by atomic mass is 16.5. The topological polar surface area (TPSA) is 49.8 Å². The van der Waals surface area contributed by atoms with Gasteiger partial charge in [0, 0.05) is 13.1 Å². The molecule has 0 aromatic rings. The summed E-state index contributed by atoms with van der Waals surface area (Å²) in [6.07, 6.45) is 7.51. The molecule has 0 amide bonds. The third-order valence-corrected chi connectivity index (χ3v) is 4.00. The minimum Gasteiger partial charge on any atom is -0.479 e. The molecule has 0 bridgehead atoms. The maximum Gasteiger partial charge on any atom is 0.334 e. The van der Waals surface area contributed by atoms with Crippen molar-refractivity contribution in [2.45, 2.75) is 44.6 Å². The number of rotatable bonds is 4. The number of hydrogen-bond donors (Lipinski definition) is 1. The van der Waals surface area contributed by atoms with Gasteiger partial charge in [-0.15, -0.1) is 0 Å². The molecule has 4 heteroatoms. The molecular weight excluding hydrogens is 218 g/mol. The smallest absolute Gasteiger partial charge is 0.334 e. The lowest BCUT2D eigenvalue weighted by Gasteiger charge is -2.32. The number of morpholine rings is 1. The number of nitrogens with zero attached hydrogens (tertiary/aromatic N) is 1. The van der Waals surface area contributed by atoms with Gasteiger partial charge in [-0.3, -0.25) is 4.90 Å². The molecule has 1 aliphatic carbocycles. The lowest BCUT2D eigenvalue weighted by atomic mass is 9.87. The minimum atomic E-state index is -0.827. The van der Waals surface area contributed by atoms with Crippen molar-refractivity contribution in [1.82, 2.24) is 4.90 Å². The molecule has 0 aromatic heterocycles. The van der Waals surface area contributed by atoms with E-state index in [1.54, 1.807) is 0 Å². The van der Waals surface area contributed by atoms with Crippen LogP contribution in [-0.4, -0.2) is 48.3 Å². The molecule has 2 aliphatic rings. The van der Waals surface area contributed by atoms with Crippen LogP contribution in [0.15, 0.2) is 0 Å². The maximum absolute atomic E-state index is 10.9. The number of carboxylic acids is 1. The van der Waals surface area contributed by atoms with Crippen molar-refractivity contribution < 1.29 is 14.6 Å². The zero-order chi connectivity index (χ0) is 12.1. The average Bonchev–Trinajstić information content (AvgIpc) is 2.38. The predicted octanol–water partition coefficient (Wildman–Crippen LogP) is 1.74. The number of ether oxygens (including phenoxy) is 1. The fourth-order valence-electron chi connectivity index (χ4n) is 2.90. The lowest BCUT2D eigenvalue weighted by molar-refractivity contribution is -0.156. The van der Waals surface area contributed by atoms with E-state index in [2.05, 4.69) is 4.90 Å². The van der Waals surface area contributed by atoms with Crippen molar-refractivity contribution >= 4 is 5.97 Å². The molecule has 2 rings (SSSR count). The van der Waals surface area contributed by atoms with Crippen LogP contribution in [0.2, 0.25) is 0 Å².